The standard InChI is InChI=1S/C31H38F6O8/c1-25(32,33)23(38)45-27-7-17-4-20(10-27)31(21(5-17)11-27)41-13-22(44-31)12-40-24(39)26-6-16-2-18(8-26)30(19(3-16)9-26)42-14-28(34,35)29(36,37)15-43-30/h16-22H,2-15H2,1H3. The second kappa shape index (κ2) is 9.49. The van der Waals surface area contributed by atoms with Gasteiger partial charge in [-0.2, -0.15) is 26.3 Å². The molecule has 10 rings (SSSR count). The number of ether oxygens (including phenoxy) is 6. The van der Waals surface area contributed by atoms with E-state index in [2.05, 4.69) is 0 Å². The first-order valence-electron chi connectivity index (χ1n) is 16.1. The van der Waals surface area contributed by atoms with Crippen LogP contribution in [0.25, 0.3) is 0 Å². The molecule has 14 heteroatoms. The van der Waals surface area contributed by atoms with E-state index >= 15 is 0 Å². The zero-order chi connectivity index (χ0) is 31.8. The predicted molar refractivity (Wildman–Crippen MR) is 138 cm³/mol. The van der Waals surface area contributed by atoms with Crippen molar-refractivity contribution in [2.45, 2.75) is 112 Å². The third-order valence-electron chi connectivity index (χ3n) is 12.4. The van der Waals surface area contributed by atoms with Crippen LogP contribution in [0, 0.1) is 40.9 Å². The molecule has 0 radical (unpaired) electrons. The lowest BCUT2D eigenvalue weighted by Crippen LogP contribution is -2.65. The minimum atomic E-state index is -4.35. The SMILES string of the molecule is CC(F)(F)C(=O)OC12CC3CC(C1)C1(OCC(COC(=O)C45CC6CC(C4)C4(OCC(F)(F)C(F)(F)CO4)C(C6)C5)O1)C(C3)C2. The number of halogens is 6. The Hall–Kier alpha value is -1.64. The minimum Gasteiger partial charge on any atom is -0.462 e. The summed E-state index contributed by atoms with van der Waals surface area (Å²) in [5.41, 5.74) is -1.84. The average Bonchev–Trinajstić information content (AvgIpc) is 3.34. The fraction of sp³-hybridized carbons (Fsp3) is 0.935. The molecule has 0 amide bonds. The van der Waals surface area contributed by atoms with Crippen molar-refractivity contribution in [3.05, 3.63) is 0 Å². The molecule has 8 saturated carbocycles. The number of carbonyl (C=O) groups excluding carboxylic acids is 2. The third kappa shape index (κ3) is 4.46. The molecule has 2 spiro atoms. The Labute approximate surface area is 256 Å². The van der Waals surface area contributed by atoms with Gasteiger partial charge in [-0.3, -0.25) is 4.79 Å². The Morgan fingerprint density at radius 1 is 0.756 bits per heavy atom. The van der Waals surface area contributed by atoms with E-state index in [0.717, 1.165) is 12.8 Å². The Bertz CT molecular complexity index is 1220. The van der Waals surface area contributed by atoms with E-state index in [1.165, 1.54) is 0 Å². The first kappa shape index (κ1) is 30.7. The van der Waals surface area contributed by atoms with E-state index in [-0.39, 0.29) is 49.7 Å². The van der Waals surface area contributed by atoms with Gasteiger partial charge in [0.2, 0.25) is 0 Å². The lowest BCUT2D eigenvalue weighted by atomic mass is 9.47. The summed E-state index contributed by atoms with van der Waals surface area (Å²) >= 11 is 0. The lowest BCUT2D eigenvalue weighted by molar-refractivity contribution is -0.346. The molecule has 0 aromatic rings. The molecule has 252 valence electrons. The van der Waals surface area contributed by atoms with Crippen LogP contribution in [0.5, 0.6) is 0 Å². The van der Waals surface area contributed by atoms with Gasteiger partial charge in [-0.05, 0) is 76.0 Å². The molecule has 2 aliphatic heterocycles. The molecule has 0 aromatic carbocycles. The number of hydrogen-bond acceptors (Lipinski definition) is 8. The van der Waals surface area contributed by atoms with Crippen molar-refractivity contribution >= 4 is 11.9 Å². The summed E-state index contributed by atoms with van der Waals surface area (Å²) in [6.45, 7) is -2.22. The summed E-state index contributed by atoms with van der Waals surface area (Å²) in [4.78, 5) is 25.8. The molecular weight excluding hydrogens is 614 g/mol. The fourth-order valence-corrected chi connectivity index (χ4v) is 11.0. The van der Waals surface area contributed by atoms with Gasteiger partial charge in [0.25, 0.3) is 0 Å². The van der Waals surface area contributed by atoms with Crippen LogP contribution >= 0.6 is 0 Å². The maximum Gasteiger partial charge on any atom is 0.377 e. The van der Waals surface area contributed by atoms with Gasteiger partial charge in [-0.15, -0.1) is 0 Å². The van der Waals surface area contributed by atoms with Crippen molar-refractivity contribution in [1.82, 2.24) is 0 Å². The van der Waals surface area contributed by atoms with E-state index in [9.17, 15) is 35.9 Å². The minimum absolute atomic E-state index is 0.0655. The zero-order valence-corrected chi connectivity index (χ0v) is 25.0. The van der Waals surface area contributed by atoms with Gasteiger partial charge < -0.3 is 28.4 Å². The molecule has 2 heterocycles. The molecule has 10 fully saturated rings. The van der Waals surface area contributed by atoms with Crippen LogP contribution in [0.15, 0.2) is 0 Å². The second-order valence-electron chi connectivity index (χ2n) is 15.5. The third-order valence-corrected chi connectivity index (χ3v) is 12.4. The molecule has 8 aliphatic carbocycles. The Morgan fingerprint density at radius 3 is 1.84 bits per heavy atom. The van der Waals surface area contributed by atoms with Gasteiger partial charge in [0.05, 0.1) is 12.0 Å². The molecule has 5 unspecified atom stereocenters. The van der Waals surface area contributed by atoms with Crippen LogP contribution in [0.1, 0.15) is 71.1 Å². The predicted octanol–water partition coefficient (Wildman–Crippen LogP) is 5.26. The molecule has 8 nitrogen and oxygen atoms in total. The van der Waals surface area contributed by atoms with Gasteiger partial charge in [0.15, 0.2) is 11.6 Å². The van der Waals surface area contributed by atoms with Crippen molar-refractivity contribution in [2.24, 2.45) is 40.9 Å². The van der Waals surface area contributed by atoms with Crippen molar-refractivity contribution < 1.29 is 64.4 Å². The topological polar surface area (TPSA) is 89.5 Å². The van der Waals surface area contributed by atoms with Gasteiger partial charge in [0.1, 0.15) is 31.5 Å². The van der Waals surface area contributed by atoms with Crippen LogP contribution in [-0.4, -0.2) is 79.4 Å². The summed E-state index contributed by atoms with van der Waals surface area (Å²) in [6, 6.07) is 0. The van der Waals surface area contributed by atoms with E-state index in [0.29, 0.717) is 45.4 Å². The van der Waals surface area contributed by atoms with Gasteiger partial charge in [-0.25, -0.2) is 4.79 Å². The Kier molecular flexibility index (Phi) is 6.47. The van der Waals surface area contributed by atoms with Gasteiger partial charge >= 0.3 is 29.7 Å². The number of rotatable bonds is 5. The largest absolute Gasteiger partial charge is 0.462 e. The monoisotopic (exact) mass is 652 g/mol. The number of esters is 2. The maximum atomic E-state index is 14.1. The average molecular weight is 653 g/mol. The Balaban J connectivity index is 0.917. The van der Waals surface area contributed by atoms with Gasteiger partial charge in [-0.1, -0.05) is 0 Å². The van der Waals surface area contributed by atoms with Crippen molar-refractivity contribution in [3.63, 3.8) is 0 Å². The molecular formula is C31H38F6O8. The second-order valence-corrected chi connectivity index (χ2v) is 15.5. The van der Waals surface area contributed by atoms with Crippen LogP contribution in [0.4, 0.5) is 26.3 Å². The highest BCUT2D eigenvalue weighted by atomic mass is 19.3. The van der Waals surface area contributed by atoms with Crippen molar-refractivity contribution in [3.8, 4) is 0 Å². The smallest absolute Gasteiger partial charge is 0.377 e. The van der Waals surface area contributed by atoms with E-state index in [4.69, 9.17) is 28.4 Å². The molecule has 10 aliphatic rings. The van der Waals surface area contributed by atoms with Gasteiger partial charge in [0, 0.05) is 30.6 Å². The fourth-order valence-electron chi connectivity index (χ4n) is 11.0. The quantitative estimate of drug-likeness (QED) is 0.294. The van der Waals surface area contributed by atoms with E-state index in [1.807, 2.05) is 0 Å². The first-order chi connectivity index (χ1) is 21.0. The molecule has 8 bridgehead atoms. The van der Waals surface area contributed by atoms with E-state index in [1.54, 1.807) is 0 Å². The molecule has 0 N–H and O–H groups in total. The summed E-state index contributed by atoms with van der Waals surface area (Å²) < 4.78 is 119. The molecule has 0 aromatic heterocycles. The van der Waals surface area contributed by atoms with Crippen LogP contribution in [0.3, 0.4) is 0 Å². The maximum absolute atomic E-state index is 14.1. The van der Waals surface area contributed by atoms with Crippen molar-refractivity contribution in [1.29, 1.82) is 0 Å². The normalized spacial score (nSPS) is 48.1. The summed E-state index contributed by atoms with van der Waals surface area (Å²) in [5, 5.41) is 0. The summed E-state index contributed by atoms with van der Waals surface area (Å²) in [5.74, 6) is -17.7. The van der Waals surface area contributed by atoms with E-state index < -0.39 is 83.5 Å². The molecule has 5 atom stereocenters. The molecule has 2 saturated heterocycles. The molecule has 45 heavy (non-hydrogen) atoms. The highest BCUT2D eigenvalue weighted by Crippen LogP contribution is 2.67. The number of alkyl halides is 6. The number of hydrogen-bond donors (Lipinski definition) is 0. The van der Waals surface area contributed by atoms with Crippen molar-refractivity contribution in [2.75, 3.05) is 26.4 Å². The Morgan fingerprint density at radius 2 is 1.29 bits per heavy atom. The summed E-state index contributed by atoms with van der Waals surface area (Å²) in [6.07, 6.45) is 4.39. The zero-order valence-electron chi connectivity index (χ0n) is 25.0. The highest BCUT2D eigenvalue weighted by Gasteiger charge is 2.71. The lowest BCUT2D eigenvalue weighted by Gasteiger charge is -2.62. The van der Waals surface area contributed by atoms with Crippen LogP contribution in [-0.2, 0) is 38.0 Å². The summed E-state index contributed by atoms with van der Waals surface area (Å²) in [7, 11) is 0. The number of carbonyl (C=O) groups is 2. The highest BCUT2D eigenvalue weighted by molar-refractivity contribution is 5.78. The van der Waals surface area contributed by atoms with Crippen LogP contribution in [0.2, 0.25) is 0 Å². The first-order valence-corrected chi connectivity index (χ1v) is 16.1. The van der Waals surface area contributed by atoms with Crippen LogP contribution < -0.4 is 0 Å².